The lowest BCUT2D eigenvalue weighted by molar-refractivity contribution is -0.384. The second kappa shape index (κ2) is 7.02. The van der Waals surface area contributed by atoms with Gasteiger partial charge in [-0.2, -0.15) is 0 Å². The minimum absolute atomic E-state index is 0.0800. The predicted molar refractivity (Wildman–Crippen MR) is 93.2 cm³/mol. The Labute approximate surface area is 146 Å². The van der Waals surface area contributed by atoms with Gasteiger partial charge in [-0.25, -0.2) is 8.42 Å². The third-order valence-corrected chi connectivity index (χ3v) is 5.15. The van der Waals surface area contributed by atoms with Gasteiger partial charge in [-0.1, -0.05) is 12.1 Å². The molecule has 0 saturated carbocycles. The van der Waals surface area contributed by atoms with Crippen LogP contribution in [0.4, 0.5) is 5.69 Å². The summed E-state index contributed by atoms with van der Waals surface area (Å²) >= 11 is 0. The van der Waals surface area contributed by atoms with Gasteiger partial charge in [0.15, 0.2) is 9.84 Å². The zero-order valence-corrected chi connectivity index (χ0v) is 14.9. The molecule has 0 N–H and O–H groups in total. The van der Waals surface area contributed by atoms with Gasteiger partial charge in [0.25, 0.3) is 11.6 Å². The molecule has 25 heavy (non-hydrogen) atoms. The van der Waals surface area contributed by atoms with Gasteiger partial charge >= 0.3 is 0 Å². The number of sulfone groups is 1. The first-order chi connectivity index (χ1) is 11.6. The van der Waals surface area contributed by atoms with Crippen LogP contribution >= 0.6 is 0 Å². The lowest BCUT2D eigenvalue weighted by Gasteiger charge is -2.25. The number of carbonyl (C=O) groups excluding carboxylic acids is 1. The smallest absolute Gasteiger partial charge is 0.269 e. The Morgan fingerprint density at radius 3 is 2.04 bits per heavy atom. The number of nitro groups is 1. The maximum absolute atomic E-state index is 12.5. The molecule has 2 rings (SSSR count). The van der Waals surface area contributed by atoms with E-state index < -0.39 is 14.8 Å². The van der Waals surface area contributed by atoms with Crippen LogP contribution in [0.15, 0.2) is 53.4 Å². The van der Waals surface area contributed by atoms with Crippen LogP contribution in [0.25, 0.3) is 0 Å². The minimum atomic E-state index is -3.27. The van der Waals surface area contributed by atoms with E-state index >= 15 is 0 Å². The van der Waals surface area contributed by atoms with E-state index in [9.17, 15) is 23.3 Å². The van der Waals surface area contributed by atoms with Crippen molar-refractivity contribution in [3.63, 3.8) is 0 Å². The van der Waals surface area contributed by atoms with Crippen LogP contribution in [0, 0.1) is 10.1 Å². The molecular formula is C17H18N2O5S. The number of amides is 1. The molecule has 0 bridgehead atoms. The molecule has 0 aromatic heterocycles. The molecule has 7 nitrogen and oxygen atoms in total. The maximum Gasteiger partial charge on any atom is 0.269 e. The van der Waals surface area contributed by atoms with E-state index in [1.165, 1.54) is 41.3 Å². The molecule has 0 saturated heterocycles. The molecule has 8 heteroatoms. The number of rotatable bonds is 5. The SMILES string of the molecule is CC(c1ccc(S(C)(=O)=O)cc1)N(C)C(=O)c1ccc([N+](=O)[O-])cc1. The highest BCUT2D eigenvalue weighted by molar-refractivity contribution is 7.90. The Balaban J connectivity index is 2.19. The summed E-state index contributed by atoms with van der Waals surface area (Å²) in [4.78, 5) is 24.4. The van der Waals surface area contributed by atoms with Gasteiger partial charge < -0.3 is 4.90 Å². The van der Waals surface area contributed by atoms with Crippen molar-refractivity contribution >= 4 is 21.4 Å². The fraction of sp³-hybridized carbons (Fsp3) is 0.235. The number of benzene rings is 2. The van der Waals surface area contributed by atoms with Gasteiger partial charge in [0.1, 0.15) is 0 Å². The van der Waals surface area contributed by atoms with Crippen LogP contribution in [-0.2, 0) is 9.84 Å². The van der Waals surface area contributed by atoms with Crippen LogP contribution in [-0.4, -0.2) is 37.5 Å². The highest BCUT2D eigenvalue weighted by atomic mass is 32.2. The van der Waals surface area contributed by atoms with E-state index in [4.69, 9.17) is 0 Å². The Bertz CT molecular complexity index is 890. The van der Waals surface area contributed by atoms with Gasteiger partial charge in [0.2, 0.25) is 0 Å². The lowest BCUT2D eigenvalue weighted by Crippen LogP contribution is -2.29. The molecule has 2 aromatic rings. The Hall–Kier alpha value is -2.74. The summed E-state index contributed by atoms with van der Waals surface area (Å²) in [6.45, 7) is 1.82. The first-order valence-electron chi connectivity index (χ1n) is 7.43. The molecule has 1 atom stereocenters. The highest BCUT2D eigenvalue weighted by Gasteiger charge is 2.20. The number of nitrogens with zero attached hydrogens (tertiary/aromatic N) is 2. The summed E-state index contributed by atoms with van der Waals surface area (Å²) in [5, 5.41) is 10.7. The predicted octanol–water partition coefficient (Wildman–Crippen LogP) is 2.83. The minimum Gasteiger partial charge on any atom is -0.335 e. The van der Waals surface area contributed by atoms with Crippen molar-refractivity contribution in [3.8, 4) is 0 Å². The molecule has 0 aliphatic rings. The molecule has 0 fully saturated rings. The second-order valence-electron chi connectivity index (χ2n) is 5.74. The standard InChI is InChI=1S/C17H18N2O5S/c1-12(13-6-10-16(11-7-13)25(3,23)24)18(2)17(20)14-4-8-15(9-5-14)19(21)22/h4-12H,1-3H3. The Kier molecular flexibility index (Phi) is 5.22. The van der Waals surface area contributed by atoms with Crippen LogP contribution in [0.3, 0.4) is 0 Å². The number of non-ortho nitro benzene ring substituents is 1. The number of nitro benzene ring substituents is 1. The molecular weight excluding hydrogens is 344 g/mol. The van der Waals surface area contributed by atoms with Crippen LogP contribution in [0.2, 0.25) is 0 Å². The fourth-order valence-corrected chi connectivity index (χ4v) is 2.95. The average Bonchev–Trinajstić information content (AvgIpc) is 2.59. The van der Waals surface area contributed by atoms with Crippen molar-refractivity contribution in [1.82, 2.24) is 4.90 Å². The van der Waals surface area contributed by atoms with Crippen molar-refractivity contribution in [3.05, 3.63) is 69.8 Å². The third kappa shape index (κ3) is 4.21. The van der Waals surface area contributed by atoms with E-state index in [1.54, 1.807) is 19.2 Å². The maximum atomic E-state index is 12.5. The van der Waals surface area contributed by atoms with Crippen molar-refractivity contribution < 1.29 is 18.1 Å². The third-order valence-electron chi connectivity index (χ3n) is 4.02. The molecule has 132 valence electrons. The van der Waals surface area contributed by atoms with Crippen LogP contribution in [0.1, 0.15) is 28.9 Å². The van der Waals surface area contributed by atoms with Gasteiger partial charge in [0, 0.05) is 31.0 Å². The fourth-order valence-electron chi connectivity index (χ4n) is 2.32. The molecule has 1 unspecified atom stereocenters. The molecule has 1 amide bonds. The largest absolute Gasteiger partial charge is 0.335 e. The molecule has 0 heterocycles. The zero-order chi connectivity index (χ0) is 18.8. The summed E-state index contributed by atoms with van der Waals surface area (Å²) in [5.41, 5.74) is 1.04. The van der Waals surface area contributed by atoms with Gasteiger partial charge in [-0.15, -0.1) is 0 Å². The van der Waals surface area contributed by atoms with Crippen LogP contribution in [0.5, 0.6) is 0 Å². The van der Waals surface area contributed by atoms with Crippen molar-refractivity contribution in [1.29, 1.82) is 0 Å². The average molecular weight is 362 g/mol. The Morgan fingerprint density at radius 2 is 1.60 bits per heavy atom. The number of hydrogen-bond acceptors (Lipinski definition) is 5. The second-order valence-corrected chi connectivity index (χ2v) is 7.75. The summed E-state index contributed by atoms with van der Waals surface area (Å²) in [6, 6.07) is 11.4. The first-order valence-corrected chi connectivity index (χ1v) is 9.32. The summed E-state index contributed by atoms with van der Waals surface area (Å²) in [7, 11) is -1.65. The first kappa shape index (κ1) is 18.6. The normalized spacial score (nSPS) is 12.4. The van der Waals surface area contributed by atoms with Crippen LogP contribution < -0.4 is 0 Å². The van der Waals surface area contributed by atoms with E-state index in [-0.39, 0.29) is 22.5 Å². The van der Waals surface area contributed by atoms with Gasteiger partial charge in [-0.3, -0.25) is 14.9 Å². The zero-order valence-electron chi connectivity index (χ0n) is 14.0. The van der Waals surface area contributed by atoms with E-state index in [2.05, 4.69) is 0 Å². The Morgan fingerprint density at radius 1 is 1.08 bits per heavy atom. The molecule has 0 aliphatic carbocycles. The number of carbonyl (C=O) groups is 1. The van der Waals surface area contributed by atoms with Crippen molar-refractivity contribution in [2.75, 3.05) is 13.3 Å². The molecule has 0 radical (unpaired) electrons. The summed E-state index contributed by atoms with van der Waals surface area (Å²) < 4.78 is 23.0. The topological polar surface area (TPSA) is 97.6 Å². The van der Waals surface area contributed by atoms with Crippen molar-refractivity contribution in [2.24, 2.45) is 0 Å². The van der Waals surface area contributed by atoms with Crippen molar-refractivity contribution in [2.45, 2.75) is 17.9 Å². The lowest BCUT2D eigenvalue weighted by atomic mass is 10.1. The molecule has 2 aromatic carbocycles. The monoisotopic (exact) mass is 362 g/mol. The van der Waals surface area contributed by atoms with E-state index in [0.29, 0.717) is 5.56 Å². The molecule has 0 aliphatic heterocycles. The van der Waals surface area contributed by atoms with E-state index in [0.717, 1.165) is 11.8 Å². The van der Waals surface area contributed by atoms with E-state index in [1.807, 2.05) is 6.92 Å². The molecule has 0 spiro atoms. The van der Waals surface area contributed by atoms with Gasteiger partial charge in [-0.05, 0) is 36.8 Å². The number of hydrogen-bond donors (Lipinski definition) is 0. The van der Waals surface area contributed by atoms with Gasteiger partial charge in [0.05, 0.1) is 15.9 Å². The summed E-state index contributed by atoms with van der Waals surface area (Å²) in [6.07, 6.45) is 1.13. The quantitative estimate of drug-likeness (QED) is 0.602. The summed E-state index contributed by atoms with van der Waals surface area (Å²) in [5.74, 6) is -0.283. The highest BCUT2D eigenvalue weighted by Crippen LogP contribution is 2.23.